The van der Waals surface area contributed by atoms with E-state index in [4.69, 9.17) is 9.47 Å². The summed E-state index contributed by atoms with van der Waals surface area (Å²) < 4.78 is 10.5. The van der Waals surface area contributed by atoms with Crippen LogP contribution in [0.25, 0.3) is 0 Å². The van der Waals surface area contributed by atoms with Gasteiger partial charge in [-0.15, -0.1) is 0 Å². The first-order valence-corrected chi connectivity index (χ1v) is 9.86. The van der Waals surface area contributed by atoms with Crippen LogP contribution in [-0.2, 0) is 11.2 Å². The van der Waals surface area contributed by atoms with Crippen molar-refractivity contribution in [3.63, 3.8) is 0 Å². The SMILES string of the molecule is COc1ccc(CCNC(=O)/C(C#N)=C\Nc2c(C)cccc2C(C)C)cc1OC. The highest BCUT2D eigenvalue weighted by Gasteiger charge is 2.12. The minimum absolute atomic E-state index is 0.0280. The second kappa shape index (κ2) is 10.9. The Kier molecular flexibility index (Phi) is 8.30. The third-order valence-corrected chi connectivity index (χ3v) is 4.80. The highest BCUT2D eigenvalue weighted by molar-refractivity contribution is 5.97. The molecule has 0 aliphatic heterocycles. The molecule has 0 fully saturated rings. The molecule has 6 heteroatoms. The Morgan fingerprint density at radius 3 is 2.53 bits per heavy atom. The Labute approximate surface area is 178 Å². The summed E-state index contributed by atoms with van der Waals surface area (Å²) >= 11 is 0. The summed E-state index contributed by atoms with van der Waals surface area (Å²) in [4.78, 5) is 12.4. The molecule has 2 N–H and O–H groups in total. The third-order valence-electron chi connectivity index (χ3n) is 4.80. The fourth-order valence-corrected chi connectivity index (χ4v) is 3.11. The first-order valence-electron chi connectivity index (χ1n) is 9.86. The van der Waals surface area contributed by atoms with Crippen LogP contribution in [0.15, 0.2) is 48.2 Å². The lowest BCUT2D eigenvalue weighted by Crippen LogP contribution is -2.27. The zero-order valence-electron chi connectivity index (χ0n) is 18.2. The molecule has 0 heterocycles. The number of methoxy groups -OCH3 is 2. The molecule has 1 amide bonds. The number of nitriles is 1. The highest BCUT2D eigenvalue weighted by Crippen LogP contribution is 2.28. The third kappa shape index (κ3) is 5.77. The molecule has 0 spiro atoms. The zero-order valence-corrected chi connectivity index (χ0v) is 18.2. The number of hydrogen-bond acceptors (Lipinski definition) is 5. The number of nitrogens with one attached hydrogen (secondary N) is 2. The number of rotatable bonds is 9. The predicted molar refractivity (Wildman–Crippen MR) is 119 cm³/mol. The second-order valence-corrected chi connectivity index (χ2v) is 7.20. The van der Waals surface area contributed by atoms with Crippen LogP contribution in [-0.4, -0.2) is 26.7 Å². The standard InChI is InChI=1S/C24H29N3O3/c1-16(2)20-8-6-7-17(3)23(20)27-15-19(14-25)24(28)26-12-11-18-9-10-21(29-4)22(13-18)30-5/h6-10,13,15-16,27H,11-12H2,1-5H3,(H,26,28)/b19-15-. The molecular formula is C24H29N3O3. The lowest BCUT2D eigenvalue weighted by Gasteiger charge is -2.15. The molecule has 30 heavy (non-hydrogen) atoms. The number of para-hydroxylation sites is 1. The molecule has 158 valence electrons. The Hall–Kier alpha value is -3.46. The van der Waals surface area contributed by atoms with E-state index in [0.29, 0.717) is 30.4 Å². The van der Waals surface area contributed by atoms with Crippen LogP contribution in [0.4, 0.5) is 5.69 Å². The summed E-state index contributed by atoms with van der Waals surface area (Å²) in [6, 6.07) is 13.6. The van der Waals surface area contributed by atoms with E-state index in [9.17, 15) is 10.1 Å². The van der Waals surface area contributed by atoms with E-state index in [-0.39, 0.29) is 5.57 Å². The summed E-state index contributed by atoms with van der Waals surface area (Å²) in [5.74, 6) is 1.21. The number of carbonyl (C=O) groups excluding carboxylic acids is 1. The van der Waals surface area contributed by atoms with Crippen LogP contribution < -0.4 is 20.1 Å². The highest BCUT2D eigenvalue weighted by atomic mass is 16.5. The van der Waals surface area contributed by atoms with Crippen molar-refractivity contribution in [2.24, 2.45) is 0 Å². The van der Waals surface area contributed by atoms with Crippen LogP contribution in [0.5, 0.6) is 11.5 Å². The van der Waals surface area contributed by atoms with Crippen LogP contribution in [0.3, 0.4) is 0 Å². The number of carbonyl (C=O) groups is 1. The summed E-state index contributed by atoms with van der Waals surface area (Å²) in [6.07, 6.45) is 2.08. The van der Waals surface area contributed by atoms with Gasteiger partial charge in [0.15, 0.2) is 11.5 Å². The smallest absolute Gasteiger partial charge is 0.263 e. The molecule has 0 atom stereocenters. The minimum Gasteiger partial charge on any atom is -0.493 e. The Bertz CT molecular complexity index is 959. The first-order chi connectivity index (χ1) is 14.4. The number of amides is 1. The number of benzene rings is 2. The predicted octanol–water partition coefficient (Wildman–Crippen LogP) is 4.31. The van der Waals surface area contributed by atoms with Gasteiger partial charge in [0.2, 0.25) is 0 Å². The van der Waals surface area contributed by atoms with Gasteiger partial charge in [-0.3, -0.25) is 4.79 Å². The summed E-state index contributed by atoms with van der Waals surface area (Å²) in [7, 11) is 3.17. The fraction of sp³-hybridized carbons (Fsp3) is 0.333. The second-order valence-electron chi connectivity index (χ2n) is 7.20. The number of nitrogens with zero attached hydrogens (tertiary/aromatic N) is 1. The van der Waals surface area contributed by atoms with Crippen molar-refractivity contribution < 1.29 is 14.3 Å². The first kappa shape index (κ1) is 22.8. The van der Waals surface area contributed by atoms with Gasteiger partial charge in [0.25, 0.3) is 5.91 Å². The van der Waals surface area contributed by atoms with Gasteiger partial charge in [-0.1, -0.05) is 38.1 Å². The van der Waals surface area contributed by atoms with Gasteiger partial charge < -0.3 is 20.1 Å². The molecule has 0 aromatic heterocycles. The quantitative estimate of drug-likeness (QED) is 0.478. The van der Waals surface area contributed by atoms with Crippen LogP contribution >= 0.6 is 0 Å². The topological polar surface area (TPSA) is 83.4 Å². The van der Waals surface area contributed by atoms with Gasteiger partial charge in [0.1, 0.15) is 11.6 Å². The van der Waals surface area contributed by atoms with Gasteiger partial charge in [-0.25, -0.2) is 0 Å². The molecule has 0 bridgehead atoms. The van der Waals surface area contributed by atoms with Crippen molar-refractivity contribution in [2.75, 3.05) is 26.1 Å². The molecule has 2 aromatic carbocycles. The molecule has 0 unspecified atom stereocenters. The maximum absolute atomic E-state index is 12.4. The number of anilines is 1. The fourth-order valence-electron chi connectivity index (χ4n) is 3.11. The zero-order chi connectivity index (χ0) is 22.1. The Morgan fingerprint density at radius 1 is 1.17 bits per heavy atom. The molecule has 0 aliphatic carbocycles. The number of ether oxygens (including phenoxy) is 2. The van der Waals surface area contributed by atoms with E-state index >= 15 is 0 Å². The molecular weight excluding hydrogens is 378 g/mol. The van der Waals surface area contributed by atoms with Crippen LogP contribution in [0, 0.1) is 18.3 Å². The molecule has 6 nitrogen and oxygen atoms in total. The maximum Gasteiger partial charge on any atom is 0.263 e. The van der Waals surface area contributed by atoms with Gasteiger partial charge in [-0.05, 0) is 48.1 Å². The molecule has 2 aromatic rings. The van der Waals surface area contributed by atoms with Crippen LogP contribution in [0.1, 0.15) is 36.5 Å². The van der Waals surface area contributed by atoms with Crippen molar-refractivity contribution >= 4 is 11.6 Å². The Balaban J connectivity index is 2.02. The van der Waals surface area contributed by atoms with Gasteiger partial charge >= 0.3 is 0 Å². The molecule has 0 saturated carbocycles. The number of aryl methyl sites for hydroxylation is 1. The summed E-state index contributed by atoms with van der Waals surface area (Å²) in [5.41, 5.74) is 4.15. The van der Waals surface area contributed by atoms with Gasteiger partial charge in [-0.2, -0.15) is 5.26 Å². The van der Waals surface area contributed by atoms with E-state index in [1.165, 1.54) is 6.20 Å². The van der Waals surface area contributed by atoms with E-state index < -0.39 is 5.91 Å². The van der Waals surface area contributed by atoms with Crippen molar-refractivity contribution in [3.8, 4) is 17.6 Å². The Morgan fingerprint density at radius 2 is 1.90 bits per heavy atom. The number of hydrogen-bond donors (Lipinski definition) is 2. The molecule has 0 radical (unpaired) electrons. The maximum atomic E-state index is 12.4. The van der Waals surface area contributed by atoms with Crippen molar-refractivity contribution in [2.45, 2.75) is 33.1 Å². The molecule has 2 rings (SSSR count). The summed E-state index contributed by atoms with van der Waals surface area (Å²) in [6.45, 7) is 6.61. The normalized spacial score (nSPS) is 11.0. The average molecular weight is 408 g/mol. The van der Waals surface area contributed by atoms with E-state index in [0.717, 1.165) is 22.4 Å². The molecule has 0 aliphatic rings. The van der Waals surface area contributed by atoms with E-state index in [1.807, 2.05) is 49.4 Å². The lowest BCUT2D eigenvalue weighted by atomic mass is 9.98. The van der Waals surface area contributed by atoms with Crippen molar-refractivity contribution in [1.82, 2.24) is 5.32 Å². The van der Waals surface area contributed by atoms with E-state index in [1.54, 1.807) is 14.2 Å². The van der Waals surface area contributed by atoms with Gasteiger partial charge in [0, 0.05) is 18.4 Å². The van der Waals surface area contributed by atoms with Crippen molar-refractivity contribution in [3.05, 3.63) is 64.9 Å². The summed E-state index contributed by atoms with van der Waals surface area (Å²) in [5, 5.41) is 15.4. The monoisotopic (exact) mass is 407 g/mol. The van der Waals surface area contributed by atoms with Crippen molar-refractivity contribution in [1.29, 1.82) is 5.26 Å². The molecule has 0 saturated heterocycles. The lowest BCUT2D eigenvalue weighted by molar-refractivity contribution is -0.117. The largest absolute Gasteiger partial charge is 0.493 e. The van der Waals surface area contributed by atoms with Gasteiger partial charge in [0.05, 0.1) is 14.2 Å². The van der Waals surface area contributed by atoms with Crippen LogP contribution in [0.2, 0.25) is 0 Å². The minimum atomic E-state index is -0.412. The average Bonchev–Trinajstić information content (AvgIpc) is 2.74. The van der Waals surface area contributed by atoms with E-state index in [2.05, 4.69) is 24.5 Å².